The number of hydrogen-bond acceptors (Lipinski definition) is 7. The molecular weight excluding hydrogens is 422 g/mol. The molecule has 1 atom stereocenters. The Balaban J connectivity index is 1.52. The predicted octanol–water partition coefficient (Wildman–Crippen LogP) is 3.19. The largest absolute Gasteiger partial charge is 0.361 e. The minimum Gasteiger partial charge on any atom is -0.361 e. The molecule has 0 aromatic carbocycles. The smallest absolute Gasteiger partial charge is 0.271 e. The fourth-order valence-electron chi connectivity index (χ4n) is 4.47. The number of carbonyl (C=O) groups excluding carboxylic acids is 2. The van der Waals surface area contributed by atoms with Gasteiger partial charge in [-0.25, -0.2) is 9.67 Å². The van der Waals surface area contributed by atoms with E-state index in [1.54, 1.807) is 19.3 Å². The minimum absolute atomic E-state index is 0.0548. The van der Waals surface area contributed by atoms with Crippen molar-refractivity contribution in [1.82, 2.24) is 30.5 Å². The van der Waals surface area contributed by atoms with Crippen LogP contribution in [0.2, 0.25) is 0 Å². The molecule has 10 nitrogen and oxygen atoms in total. The number of nitrogens with zero attached hydrogens (tertiary/aromatic N) is 5. The Morgan fingerprint density at radius 1 is 1.12 bits per heavy atom. The second-order valence-electron chi connectivity index (χ2n) is 8.57. The van der Waals surface area contributed by atoms with Crippen molar-refractivity contribution in [2.24, 2.45) is 13.0 Å². The van der Waals surface area contributed by atoms with Gasteiger partial charge in [-0.15, -0.1) is 5.10 Å². The summed E-state index contributed by atoms with van der Waals surface area (Å²) in [6, 6.07) is 2.95. The van der Waals surface area contributed by atoms with E-state index in [0.717, 1.165) is 55.3 Å². The van der Waals surface area contributed by atoms with Crippen LogP contribution in [-0.2, 0) is 11.8 Å². The van der Waals surface area contributed by atoms with Crippen LogP contribution in [0.25, 0.3) is 11.1 Å². The van der Waals surface area contributed by atoms with Crippen LogP contribution in [0.15, 0.2) is 29.0 Å². The Kier molecular flexibility index (Phi) is 6.81. The molecule has 3 aromatic rings. The number of aromatic nitrogens is 5. The standard InChI is InChI=1S/C23H29N7O3/c1-14-20(15(2)33-28-14)17-10-11-19(24-12-17)26-23(32)21(16-8-6-4-5-7-9-16)27-22(31)18-13-25-29-30(18)3/h10-13,16,21H,4-9H2,1-3H3,(H,27,31)(H,24,26,32). The quantitative estimate of drug-likeness (QED) is 0.551. The van der Waals surface area contributed by atoms with Crippen molar-refractivity contribution in [3.63, 3.8) is 0 Å². The van der Waals surface area contributed by atoms with Crippen molar-refractivity contribution in [1.29, 1.82) is 0 Å². The SMILES string of the molecule is Cc1noc(C)c1-c1ccc(NC(=O)C(NC(=O)c2cnnn2C)C2CCCCCC2)nc1. The minimum atomic E-state index is -0.672. The third-order valence-electron chi connectivity index (χ3n) is 6.22. The Bertz CT molecular complexity index is 1090. The van der Waals surface area contributed by atoms with E-state index >= 15 is 0 Å². The van der Waals surface area contributed by atoms with Gasteiger partial charge in [0.1, 0.15) is 23.3 Å². The first kappa shape index (κ1) is 22.6. The van der Waals surface area contributed by atoms with Gasteiger partial charge in [-0.3, -0.25) is 9.59 Å². The van der Waals surface area contributed by atoms with Crippen LogP contribution in [-0.4, -0.2) is 43.0 Å². The van der Waals surface area contributed by atoms with Crippen molar-refractivity contribution in [3.8, 4) is 11.1 Å². The van der Waals surface area contributed by atoms with E-state index in [9.17, 15) is 9.59 Å². The van der Waals surface area contributed by atoms with Crippen molar-refractivity contribution in [2.75, 3.05) is 5.32 Å². The summed E-state index contributed by atoms with van der Waals surface area (Å²) in [5.41, 5.74) is 2.85. The van der Waals surface area contributed by atoms with Crippen LogP contribution in [0.5, 0.6) is 0 Å². The van der Waals surface area contributed by atoms with Gasteiger partial charge in [-0.1, -0.05) is 36.1 Å². The zero-order valence-electron chi connectivity index (χ0n) is 19.2. The summed E-state index contributed by atoms with van der Waals surface area (Å²) in [5, 5.41) is 17.4. The molecular formula is C23H29N7O3. The van der Waals surface area contributed by atoms with Gasteiger partial charge in [0.2, 0.25) is 5.91 Å². The number of pyridine rings is 1. The number of amides is 2. The normalized spacial score (nSPS) is 15.6. The number of carbonyl (C=O) groups is 2. The molecule has 4 rings (SSSR count). The van der Waals surface area contributed by atoms with E-state index in [4.69, 9.17) is 4.52 Å². The fourth-order valence-corrected chi connectivity index (χ4v) is 4.47. The van der Waals surface area contributed by atoms with Gasteiger partial charge in [0.05, 0.1) is 11.9 Å². The molecule has 3 aromatic heterocycles. The Labute approximate surface area is 192 Å². The lowest BCUT2D eigenvalue weighted by Crippen LogP contribution is -2.49. The zero-order chi connectivity index (χ0) is 23.4. The topological polar surface area (TPSA) is 128 Å². The monoisotopic (exact) mass is 451 g/mol. The van der Waals surface area contributed by atoms with Crippen molar-refractivity contribution < 1.29 is 14.1 Å². The summed E-state index contributed by atoms with van der Waals surface area (Å²) >= 11 is 0. The molecule has 33 heavy (non-hydrogen) atoms. The summed E-state index contributed by atoms with van der Waals surface area (Å²) in [5.74, 6) is 0.549. The summed E-state index contributed by atoms with van der Waals surface area (Å²) in [6.45, 7) is 3.72. The van der Waals surface area contributed by atoms with Gasteiger partial charge in [-0.2, -0.15) is 0 Å². The lowest BCUT2D eigenvalue weighted by molar-refractivity contribution is -0.119. The van der Waals surface area contributed by atoms with E-state index in [2.05, 4.69) is 31.1 Å². The van der Waals surface area contributed by atoms with Crippen LogP contribution in [0, 0.1) is 19.8 Å². The highest BCUT2D eigenvalue weighted by atomic mass is 16.5. The lowest BCUT2D eigenvalue weighted by atomic mass is 9.91. The Morgan fingerprint density at radius 3 is 2.45 bits per heavy atom. The van der Waals surface area contributed by atoms with E-state index in [1.165, 1.54) is 10.9 Å². The van der Waals surface area contributed by atoms with Crippen LogP contribution in [0.4, 0.5) is 5.82 Å². The molecule has 1 saturated carbocycles. The van der Waals surface area contributed by atoms with Gasteiger partial charge < -0.3 is 15.2 Å². The number of nitrogens with one attached hydrogen (secondary N) is 2. The van der Waals surface area contributed by atoms with Gasteiger partial charge in [0.15, 0.2) is 0 Å². The molecule has 0 aliphatic heterocycles. The van der Waals surface area contributed by atoms with Gasteiger partial charge in [0.25, 0.3) is 5.91 Å². The molecule has 10 heteroatoms. The molecule has 2 N–H and O–H groups in total. The maximum Gasteiger partial charge on any atom is 0.271 e. The summed E-state index contributed by atoms with van der Waals surface area (Å²) in [7, 11) is 1.65. The van der Waals surface area contributed by atoms with E-state index < -0.39 is 6.04 Å². The molecule has 0 saturated heterocycles. The number of rotatable bonds is 6. The summed E-state index contributed by atoms with van der Waals surface area (Å²) in [6.07, 6.45) is 9.24. The predicted molar refractivity (Wildman–Crippen MR) is 121 cm³/mol. The first-order valence-corrected chi connectivity index (χ1v) is 11.3. The van der Waals surface area contributed by atoms with Crippen molar-refractivity contribution in [3.05, 3.63) is 41.7 Å². The molecule has 2 amide bonds. The highest BCUT2D eigenvalue weighted by Gasteiger charge is 2.31. The molecule has 3 heterocycles. The number of hydrogen-bond donors (Lipinski definition) is 2. The highest BCUT2D eigenvalue weighted by Crippen LogP contribution is 2.28. The van der Waals surface area contributed by atoms with Crippen LogP contribution < -0.4 is 10.6 Å². The number of aryl methyl sites for hydroxylation is 3. The van der Waals surface area contributed by atoms with Crippen LogP contribution in [0.3, 0.4) is 0 Å². The maximum absolute atomic E-state index is 13.3. The lowest BCUT2D eigenvalue weighted by Gasteiger charge is -2.26. The van der Waals surface area contributed by atoms with Crippen LogP contribution >= 0.6 is 0 Å². The second-order valence-corrected chi connectivity index (χ2v) is 8.57. The molecule has 0 radical (unpaired) electrons. The fraction of sp³-hybridized carbons (Fsp3) is 0.478. The molecule has 174 valence electrons. The molecule has 1 fully saturated rings. The maximum atomic E-state index is 13.3. The van der Waals surface area contributed by atoms with Gasteiger partial charge >= 0.3 is 0 Å². The van der Waals surface area contributed by atoms with E-state index in [0.29, 0.717) is 17.3 Å². The third-order valence-corrected chi connectivity index (χ3v) is 6.22. The average Bonchev–Trinajstić information content (AvgIpc) is 3.26. The van der Waals surface area contributed by atoms with Crippen molar-refractivity contribution >= 4 is 17.6 Å². The molecule has 0 spiro atoms. The second kappa shape index (κ2) is 9.93. The van der Waals surface area contributed by atoms with Crippen LogP contribution in [0.1, 0.15) is 60.5 Å². The Morgan fingerprint density at radius 2 is 1.88 bits per heavy atom. The molecule has 1 unspecified atom stereocenters. The molecule has 0 bridgehead atoms. The highest BCUT2D eigenvalue weighted by molar-refractivity contribution is 6.00. The number of anilines is 1. The molecule has 1 aliphatic carbocycles. The summed E-state index contributed by atoms with van der Waals surface area (Å²) < 4.78 is 6.63. The first-order valence-electron chi connectivity index (χ1n) is 11.3. The van der Waals surface area contributed by atoms with Gasteiger partial charge in [0, 0.05) is 24.4 Å². The zero-order valence-corrected chi connectivity index (χ0v) is 19.2. The van der Waals surface area contributed by atoms with E-state index in [-0.39, 0.29) is 17.7 Å². The first-order chi connectivity index (χ1) is 15.9. The van der Waals surface area contributed by atoms with Gasteiger partial charge in [-0.05, 0) is 44.7 Å². The Hall–Kier alpha value is -3.56. The van der Waals surface area contributed by atoms with Crippen molar-refractivity contribution in [2.45, 2.75) is 58.4 Å². The summed E-state index contributed by atoms with van der Waals surface area (Å²) in [4.78, 5) is 30.6. The molecule has 1 aliphatic rings. The van der Waals surface area contributed by atoms with E-state index in [1.807, 2.05) is 19.9 Å². The third kappa shape index (κ3) is 5.10. The average molecular weight is 452 g/mol.